The molecule has 0 saturated heterocycles. The fourth-order valence-electron chi connectivity index (χ4n) is 2.11. The smallest absolute Gasteiger partial charge is 0.278 e. The van der Waals surface area contributed by atoms with E-state index in [0.29, 0.717) is 11.8 Å². The van der Waals surface area contributed by atoms with Crippen LogP contribution in [0.5, 0.6) is 11.8 Å². The summed E-state index contributed by atoms with van der Waals surface area (Å²) >= 11 is 1.59. The predicted octanol–water partition coefficient (Wildman–Crippen LogP) is 2.89. The topological polar surface area (TPSA) is 56.3 Å². The second-order valence-corrected chi connectivity index (χ2v) is 5.52. The monoisotopic (exact) mass is 307 g/mol. The molecular formula is C14H14FN3O2S. The first-order valence-electron chi connectivity index (χ1n) is 6.35. The van der Waals surface area contributed by atoms with Crippen LogP contribution in [0.25, 0.3) is 0 Å². The average molecular weight is 307 g/mol. The number of thioether (sulfide) groups is 1. The highest BCUT2D eigenvalue weighted by Crippen LogP contribution is 2.38. The first-order valence-corrected chi connectivity index (χ1v) is 7.33. The Morgan fingerprint density at radius 3 is 2.86 bits per heavy atom. The molecule has 1 aromatic carbocycles. The molecule has 1 atom stereocenters. The summed E-state index contributed by atoms with van der Waals surface area (Å²) in [5.74, 6) is 1.21. The van der Waals surface area contributed by atoms with Crippen LogP contribution in [0.2, 0.25) is 0 Å². The van der Waals surface area contributed by atoms with Gasteiger partial charge in [0, 0.05) is 16.3 Å². The quantitative estimate of drug-likeness (QED) is 0.941. The Morgan fingerprint density at radius 2 is 2.10 bits per heavy atom. The molecule has 0 fully saturated rings. The van der Waals surface area contributed by atoms with E-state index in [2.05, 4.69) is 15.3 Å². The number of benzene rings is 1. The number of hydrogen-bond donors (Lipinski definition) is 1. The van der Waals surface area contributed by atoms with Crippen molar-refractivity contribution in [3.05, 3.63) is 35.9 Å². The highest BCUT2D eigenvalue weighted by molar-refractivity contribution is 7.99. The highest BCUT2D eigenvalue weighted by atomic mass is 32.2. The summed E-state index contributed by atoms with van der Waals surface area (Å²) in [5.41, 5.74) is 1.66. The summed E-state index contributed by atoms with van der Waals surface area (Å²) in [7, 11) is 3.04. The van der Waals surface area contributed by atoms with Crippen LogP contribution in [0.3, 0.4) is 0 Å². The Balaban J connectivity index is 1.87. The zero-order valence-electron chi connectivity index (χ0n) is 11.6. The Hall–Kier alpha value is -2.02. The van der Waals surface area contributed by atoms with Gasteiger partial charge in [-0.25, -0.2) is 14.4 Å². The third-order valence-corrected chi connectivity index (χ3v) is 4.30. The van der Waals surface area contributed by atoms with Crippen molar-refractivity contribution in [3.63, 3.8) is 0 Å². The number of halogens is 1. The van der Waals surface area contributed by atoms with Crippen molar-refractivity contribution in [2.24, 2.45) is 0 Å². The first kappa shape index (κ1) is 13.9. The van der Waals surface area contributed by atoms with Crippen LogP contribution in [0.4, 0.5) is 10.1 Å². The van der Waals surface area contributed by atoms with Crippen LogP contribution in [0, 0.1) is 5.82 Å². The zero-order chi connectivity index (χ0) is 14.8. The molecule has 0 amide bonds. The minimum Gasteiger partial charge on any atom is -0.477 e. The van der Waals surface area contributed by atoms with Crippen molar-refractivity contribution in [1.82, 2.24) is 9.97 Å². The lowest BCUT2D eigenvalue weighted by Crippen LogP contribution is -2.19. The number of anilines is 1. The van der Waals surface area contributed by atoms with Gasteiger partial charge < -0.3 is 14.8 Å². The van der Waals surface area contributed by atoms with E-state index in [-0.39, 0.29) is 11.9 Å². The predicted molar refractivity (Wildman–Crippen MR) is 78.6 cm³/mol. The molecule has 1 N–H and O–H groups in total. The summed E-state index contributed by atoms with van der Waals surface area (Å²) < 4.78 is 23.5. The molecule has 110 valence electrons. The number of aromatic nitrogens is 2. The average Bonchev–Trinajstić information content (AvgIpc) is 2.53. The van der Waals surface area contributed by atoms with Crippen molar-refractivity contribution in [2.45, 2.75) is 10.9 Å². The third kappa shape index (κ3) is 2.73. The molecule has 1 aromatic heterocycles. The molecular weight excluding hydrogens is 293 g/mol. The van der Waals surface area contributed by atoms with Crippen LogP contribution in [-0.2, 0) is 0 Å². The molecule has 0 radical (unpaired) electrons. The largest absolute Gasteiger partial charge is 0.477 e. The van der Waals surface area contributed by atoms with E-state index in [1.165, 1.54) is 26.4 Å². The first-order chi connectivity index (χ1) is 10.2. The van der Waals surface area contributed by atoms with E-state index in [0.717, 1.165) is 22.0 Å². The van der Waals surface area contributed by atoms with Gasteiger partial charge in [0.2, 0.25) is 0 Å². The molecule has 21 heavy (non-hydrogen) atoms. The number of rotatable bonds is 3. The Morgan fingerprint density at radius 1 is 1.29 bits per heavy atom. The summed E-state index contributed by atoms with van der Waals surface area (Å²) in [6.45, 7) is 0. The molecule has 1 unspecified atom stereocenters. The van der Waals surface area contributed by atoms with Gasteiger partial charge in [-0.3, -0.25) is 0 Å². The Kier molecular flexibility index (Phi) is 3.83. The number of nitrogens with zero attached hydrogens (tertiary/aromatic N) is 2. The summed E-state index contributed by atoms with van der Waals surface area (Å²) in [4.78, 5) is 9.51. The van der Waals surface area contributed by atoms with Crippen LogP contribution >= 0.6 is 11.8 Å². The van der Waals surface area contributed by atoms with Gasteiger partial charge in [0.25, 0.3) is 11.8 Å². The number of fused-ring (bicyclic) bond motifs is 1. The van der Waals surface area contributed by atoms with E-state index >= 15 is 0 Å². The number of nitrogens with one attached hydrogen (secondary N) is 1. The van der Waals surface area contributed by atoms with Gasteiger partial charge >= 0.3 is 0 Å². The SMILES string of the molecule is COc1ncc(C2CSc3cc(F)ccc3N2)nc1OC. The van der Waals surface area contributed by atoms with Gasteiger partial charge in [-0.15, -0.1) is 11.8 Å². The fraction of sp³-hybridized carbons (Fsp3) is 0.286. The molecule has 1 aliphatic rings. The summed E-state index contributed by atoms with van der Waals surface area (Å²) in [6, 6.07) is 4.69. The fourth-order valence-corrected chi connectivity index (χ4v) is 3.19. The van der Waals surface area contributed by atoms with Gasteiger partial charge in [0.15, 0.2) is 0 Å². The molecule has 0 spiro atoms. The lowest BCUT2D eigenvalue weighted by atomic mass is 10.2. The molecule has 3 rings (SSSR count). The molecule has 0 bridgehead atoms. The van der Waals surface area contributed by atoms with Crippen LogP contribution in [0.1, 0.15) is 11.7 Å². The second kappa shape index (κ2) is 5.77. The van der Waals surface area contributed by atoms with Crippen molar-refractivity contribution < 1.29 is 13.9 Å². The van der Waals surface area contributed by atoms with E-state index in [1.807, 2.05) is 0 Å². The maximum absolute atomic E-state index is 13.2. The maximum atomic E-state index is 13.2. The highest BCUT2D eigenvalue weighted by Gasteiger charge is 2.23. The molecule has 0 aliphatic carbocycles. The number of methoxy groups -OCH3 is 2. The van der Waals surface area contributed by atoms with Crippen molar-refractivity contribution >= 4 is 17.4 Å². The van der Waals surface area contributed by atoms with Crippen LogP contribution < -0.4 is 14.8 Å². The van der Waals surface area contributed by atoms with Crippen molar-refractivity contribution in [3.8, 4) is 11.8 Å². The van der Waals surface area contributed by atoms with Crippen molar-refractivity contribution in [1.29, 1.82) is 0 Å². The van der Waals surface area contributed by atoms with E-state index in [1.54, 1.807) is 24.0 Å². The van der Waals surface area contributed by atoms with Gasteiger partial charge in [0.05, 0.1) is 32.2 Å². The van der Waals surface area contributed by atoms with Gasteiger partial charge in [-0.2, -0.15) is 0 Å². The number of ether oxygens (including phenoxy) is 2. The van der Waals surface area contributed by atoms with Gasteiger partial charge in [0.1, 0.15) is 5.82 Å². The van der Waals surface area contributed by atoms with Gasteiger partial charge in [-0.05, 0) is 18.2 Å². The molecule has 7 heteroatoms. The molecule has 1 aliphatic heterocycles. The molecule has 5 nitrogen and oxygen atoms in total. The van der Waals surface area contributed by atoms with E-state index in [4.69, 9.17) is 9.47 Å². The molecule has 2 heterocycles. The second-order valence-electron chi connectivity index (χ2n) is 4.46. The minimum absolute atomic E-state index is 0.0136. The summed E-state index contributed by atoms with van der Waals surface area (Å²) in [5, 5.41) is 3.34. The minimum atomic E-state index is -0.229. The summed E-state index contributed by atoms with van der Waals surface area (Å²) in [6.07, 6.45) is 1.66. The lowest BCUT2D eigenvalue weighted by Gasteiger charge is -2.26. The van der Waals surface area contributed by atoms with Crippen LogP contribution in [0.15, 0.2) is 29.3 Å². The molecule has 2 aromatic rings. The Bertz CT molecular complexity index is 669. The lowest BCUT2D eigenvalue weighted by molar-refractivity contribution is 0.329. The normalized spacial score (nSPS) is 16.8. The Labute approximate surface area is 125 Å². The maximum Gasteiger partial charge on any atom is 0.278 e. The van der Waals surface area contributed by atoms with Crippen molar-refractivity contribution in [2.75, 3.05) is 25.3 Å². The third-order valence-electron chi connectivity index (χ3n) is 3.15. The zero-order valence-corrected chi connectivity index (χ0v) is 12.4. The van der Waals surface area contributed by atoms with Crippen LogP contribution in [-0.4, -0.2) is 29.9 Å². The van der Waals surface area contributed by atoms with Gasteiger partial charge in [-0.1, -0.05) is 0 Å². The standard InChI is InChI=1S/C14H14FN3O2S/c1-19-13-14(20-2)18-10(6-16-13)11-7-21-12-5-8(15)3-4-9(12)17-11/h3-6,11,17H,7H2,1-2H3. The number of hydrogen-bond acceptors (Lipinski definition) is 6. The molecule has 0 saturated carbocycles. The van der Waals surface area contributed by atoms with E-state index in [9.17, 15) is 4.39 Å². The van der Waals surface area contributed by atoms with E-state index < -0.39 is 0 Å².